The van der Waals surface area contributed by atoms with Crippen LogP contribution in [-0.2, 0) is 0 Å². The van der Waals surface area contributed by atoms with Gasteiger partial charge in [-0.05, 0) is 35.0 Å². The minimum absolute atomic E-state index is 1.23. The SMILES string of the molecule is CN(C)c1ccc2c[c]ccc2c1. The summed E-state index contributed by atoms with van der Waals surface area (Å²) in [6.45, 7) is 0. The Morgan fingerprint density at radius 2 is 1.92 bits per heavy atom. The average Bonchev–Trinajstić information content (AvgIpc) is 2.17. The maximum Gasteiger partial charge on any atom is 0.0367 e. The molecule has 13 heavy (non-hydrogen) atoms. The van der Waals surface area contributed by atoms with E-state index in [0.29, 0.717) is 0 Å². The number of benzene rings is 2. The van der Waals surface area contributed by atoms with Gasteiger partial charge in [0, 0.05) is 19.8 Å². The molecule has 1 heteroatoms. The first-order valence-electron chi connectivity index (χ1n) is 4.34. The van der Waals surface area contributed by atoms with E-state index in [-0.39, 0.29) is 0 Å². The van der Waals surface area contributed by atoms with Gasteiger partial charge in [-0.1, -0.05) is 18.2 Å². The van der Waals surface area contributed by atoms with Gasteiger partial charge >= 0.3 is 0 Å². The second-order valence-electron chi connectivity index (χ2n) is 3.35. The fraction of sp³-hybridized carbons (Fsp3) is 0.167. The third kappa shape index (κ3) is 1.50. The maximum absolute atomic E-state index is 3.07. The van der Waals surface area contributed by atoms with Crippen molar-refractivity contribution in [2.45, 2.75) is 0 Å². The molecule has 2 aromatic rings. The van der Waals surface area contributed by atoms with Gasteiger partial charge in [0.05, 0.1) is 0 Å². The van der Waals surface area contributed by atoms with E-state index >= 15 is 0 Å². The quantitative estimate of drug-likeness (QED) is 0.636. The summed E-state index contributed by atoms with van der Waals surface area (Å²) in [5.74, 6) is 0. The Balaban J connectivity index is 2.62. The molecule has 0 saturated heterocycles. The fourth-order valence-corrected chi connectivity index (χ4v) is 1.39. The Bertz CT molecular complexity index is 418. The second-order valence-corrected chi connectivity index (χ2v) is 3.35. The molecule has 0 saturated carbocycles. The van der Waals surface area contributed by atoms with Crippen molar-refractivity contribution in [1.82, 2.24) is 0 Å². The smallest absolute Gasteiger partial charge is 0.0367 e. The molecule has 0 aliphatic rings. The van der Waals surface area contributed by atoms with Crippen LogP contribution < -0.4 is 4.90 Å². The number of hydrogen-bond acceptors (Lipinski definition) is 1. The monoisotopic (exact) mass is 170 g/mol. The van der Waals surface area contributed by atoms with Crippen molar-refractivity contribution >= 4 is 16.5 Å². The molecule has 0 atom stereocenters. The van der Waals surface area contributed by atoms with E-state index in [1.165, 1.54) is 16.5 Å². The van der Waals surface area contributed by atoms with Crippen molar-refractivity contribution in [2.75, 3.05) is 19.0 Å². The summed E-state index contributed by atoms with van der Waals surface area (Å²) in [4.78, 5) is 2.11. The van der Waals surface area contributed by atoms with Crippen LogP contribution in [0.1, 0.15) is 0 Å². The zero-order valence-electron chi connectivity index (χ0n) is 7.91. The predicted octanol–water partition coefficient (Wildman–Crippen LogP) is 2.71. The summed E-state index contributed by atoms with van der Waals surface area (Å²) in [5.41, 5.74) is 1.23. The lowest BCUT2D eigenvalue weighted by molar-refractivity contribution is 1.14. The van der Waals surface area contributed by atoms with Gasteiger partial charge in [-0.3, -0.25) is 0 Å². The van der Waals surface area contributed by atoms with Crippen LogP contribution in [0.2, 0.25) is 0 Å². The van der Waals surface area contributed by atoms with Crippen LogP contribution in [0.4, 0.5) is 5.69 Å². The molecule has 0 bridgehead atoms. The van der Waals surface area contributed by atoms with Crippen LogP contribution in [0.3, 0.4) is 0 Å². The normalized spacial score (nSPS) is 10.3. The number of hydrogen-bond donors (Lipinski definition) is 0. The van der Waals surface area contributed by atoms with E-state index in [4.69, 9.17) is 0 Å². The molecule has 0 heterocycles. The minimum atomic E-state index is 1.23. The molecule has 2 aromatic carbocycles. The third-order valence-electron chi connectivity index (χ3n) is 2.18. The molecule has 0 N–H and O–H groups in total. The van der Waals surface area contributed by atoms with E-state index in [9.17, 15) is 0 Å². The van der Waals surface area contributed by atoms with Crippen LogP contribution in [0.25, 0.3) is 10.8 Å². The van der Waals surface area contributed by atoms with E-state index in [1.54, 1.807) is 0 Å². The van der Waals surface area contributed by atoms with Crippen molar-refractivity contribution < 1.29 is 0 Å². The molecular weight excluding hydrogens is 158 g/mol. The van der Waals surface area contributed by atoms with Gasteiger partial charge in [0.1, 0.15) is 0 Å². The zero-order chi connectivity index (χ0) is 9.26. The largest absolute Gasteiger partial charge is 0.378 e. The number of rotatable bonds is 1. The molecule has 1 nitrogen and oxygen atoms in total. The lowest BCUT2D eigenvalue weighted by Gasteiger charge is -2.12. The summed E-state index contributed by atoms with van der Waals surface area (Å²) in [7, 11) is 4.10. The van der Waals surface area contributed by atoms with Crippen LogP contribution in [-0.4, -0.2) is 14.1 Å². The predicted molar refractivity (Wildman–Crippen MR) is 57.1 cm³/mol. The number of fused-ring (bicyclic) bond motifs is 1. The molecule has 1 radical (unpaired) electrons. The molecule has 0 amide bonds. The van der Waals surface area contributed by atoms with E-state index in [0.717, 1.165) is 0 Å². The van der Waals surface area contributed by atoms with Crippen LogP contribution in [0.15, 0.2) is 36.4 Å². The Labute approximate surface area is 78.6 Å². The molecule has 0 fully saturated rings. The van der Waals surface area contributed by atoms with E-state index in [2.05, 4.69) is 49.3 Å². The van der Waals surface area contributed by atoms with E-state index in [1.807, 2.05) is 12.1 Å². The molecule has 2 rings (SSSR count). The highest BCUT2D eigenvalue weighted by Crippen LogP contribution is 2.19. The Kier molecular flexibility index (Phi) is 1.93. The molecule has 0 spiro atoms. The summed E-state index contributed by atoms with van der Waals surface area (Å²) >= 11 is 0. The van der Waals surface area contributed by atoms with Crippen molar-refractivity contribution in [2.24, 2.45) is 0 Å². The number of anilines is 1. The van der Waals surface area contributed by atoms with E-state index < -0.39 is 0 Å². The maximum atomic E-state index is 3.07. The lowest BCUT2D eigenvalue weighted by Crippen LogP contribution is -2.07. The topological polar surface area (TPSA) is 3.24 Å². The highest BCUT2D eigenvalue weighted by Gasteiger charge is 1.96. The first kappa shape index (κ1) is 8.11. The van der Waals surface area contributed by atoms with Crippen LogP contribution in [0, 0.1) is 6.07 Å². The number of nitrogens with zero attached hydrogens (tertiary/aromatic N) is 1. The summed E-state index contributed by atoms with van der Waals surface area (Å²) < 4.78 is 0. The Morgan fingerprint density at radius 1 is 1.08 bits per heavy atom. The molecule has 65 valence electrons. The fourth-order valence-electron chi connectivity index (χ4n) is 1.39. The second kappa shape index (κ2) is 3.09. The highest BCUT2D eigenvalue weighted by atomic mass is 15.1. The van der Waals surface area contributed by atoms with Gasteiger partial charge in [-0.15, -0.1) is 0 Å². The standard InChI is InChI=1S/C12H12N/c1-13(2)12-8-7-10-5-3-4-6-11(10)9-12/h4-9H,1-2H3. The van der Waals surface area contributed by atoms with Crippen molar-refractivity contribution in [3.8, 4) is 0 Å². The Hall–Kier alpha value is -1.50. The van der Waals surface area contributed by atoms with Gasteiger partial charge in [0.2, 0.25) is 0 Å². The van der Waals surface area contributed by atoms with Crippen LogP contribution >= 0.6 is 0 Å². The molecule has 0 unspecified atom stereocenters. The summed E-state index contributed by atoms with van der Waals surface area (Å²) in [6, 6.07) is 15.5. The van der Waals surface area contributed by atoms with Gasteiger partial charge in [-0.2, -0.15) is 0 Å². The van der Waals surface area contributed by atoms with Crippen molar-refractivity contribution in [3.05, 3.63) is 42.5 Å². The van der Waals surface area contributed by atoms with Crippen molar-refractivity contribution in [3.63, 3.8) is 0 Å². The average molecular weight is 170 g/mol. The zero-order valence-corrected chi connectivity index (χ0v) is 7.91. The van der Waals surface area contributed by atoms with Gasteiger partial charge in [-0.25, -0.2) is 0 Å². The molecule has 0 aliphatic heterocycles. The lowest BCUT2D eigenvalue weighted by atomic mass is 10.1. The van der Waals surface area contributed by atoms with Gasteiger partial charge in [0.25, 0.3) is 0 Å². The van der Waals surface area contributed by atoms with Gasteiger partial charge < -0.3 is 4.90 Å². The van der Waals surface area contributed by atoms with Crippen LogP contribution in [0.5, 0.6) is 0 Å². The molecule has 0 aliphatic carbocycles. The van der Waals surface area contributed by atoms with Crippen molar-refractivity contribution in [1.29, 1.82) is 0 Å². The first-order chi connectivity index (χ1) is 6.27. The third-order valence-corrected chi connectivity index (χ3v) is 2.18. The van der Waals surface area contributed by atoms with Gasteiger partial charge in [0.15, 0.2) is 0 Å². The highest BCUT2D eigenvalue weighted by molar-refractivity contribution is 5.85. The summed E-state index contributed by atoms with van der Waals surface area (Å²) in [6.07, 6.45) is 0. The minimum Gasteiger partial charge on any atom is -0.378 e. The summed E-state index contributed by atoms with van der Waals surface area (Å²) in [5, 5.41) is 2.51. The molecular formula is C12H12N. The first-order valence-corrected chi connectivity index (χ1v) is 4.34. The Morgan fingerprint density at radius 3 is 2.69 bits per heavy atom. The molecule has 0 aromatic heterocycles.